The molecule has 1 atom stereocenters. The topological polar surface area (TPSA) is 96.2 Å². The first-order valence-corrected chi connectivity index (χ1v) is 11.8. The number of halogens is 3. The maximum atomic E-state index is 13.8. The minimum Gasteiger partial charge on any atom is -0.368 e. The first-order valence-electron chi connectivity index (χ1n) is 9.47. The Kier molecular flexibility index (Phi) is 6.08. The van der Waals surface area contributed by atoms with E-state index in [2.05, 4.69) is 15.4 Å². The van der Waals surface area contributed by atoms with Crippen LogP contribution >= 0.6 is 11.9 Å². The van der Waals surface area contributed by atoms with Crippen LogP contribution in [0.25, 0.3) is 0 Å². The lowest BCUT2D eigenvalue weighted by Crippen LogP contribution is -2.37. The van der Waals surface area contributed by atoms with E-state index in [1.165, 1.54) is 42.3 Å². The summed E-state index contributed by atoms with van der Waals surface area (Å²) in [5.41, 5.74) is 0.764. The molecule has 0 radical (unpaired) electrons. The van der Waals surface area contributed by atoms with Crippen molar-refractivity contribution in [2.45, 2.75) is 28.6 Å². The van der Waals surface area contributed by atoms with E-state index in [0.29, 0.717) is 22.7 Å². The van der Waals surface area contributed by atoms with Gasteiger partial charge in [-0.05, 0) is 53.9 Å². The van der Waals surface area contributed by atoms with Gasteiger partial charge in [-0.2, -0.15) is 13.2 Å². The second-order valence-corrected chi connectivity index (χ2v) is 9.63. The second kappa shape index (κ2) is 8.66. The highest BCUT2D eigenvalue weighted by Gasteiger charge is 2.35. The molecule has 0 aromatic heterocycles. The molecule has 1 aliphatic rings. The van der Waals surface area contributed by atoms with Crippen LogP contribution < -0.4 is 20.5 Å². The van der Waals surface area contributed by atoms with Crippen LogP contribution in [-0.2, 0) is 22.6 Å². The third-order valence-corrected chi connectivity index (χ3v) is 6.70. The summed E-state index contributed by atoms with van der Waals surface area (Å²) in [6.45, 7) is 0. The molecule has 5 N–H and O–H groups in total. The van der Waals surface area contributed by atoms with Gasteiger partial charge in [0.15, 0.2) is 0 Å². The number of nitrogens with two attached hydrogens (primary N) is 1. The van der Waals surface area contributed by atoms with E-state index in [-0.39, 0.29) is 16.7 Å². The van der Waals surface area contributed by atoms with Crippen molar-refractivity contribution in [2.24, 2.45) is 5.14 Å². The minimum atomic E-state index is -4.59. The molecule has 0 fully saturated rings. The normalized spacial score (nSPS) is 16.2. The third-order valence-electron chi connectivity index (χ3n) is 4.81. The van der Waals surface area contributed by atoms with Crippen LogP contribution in [0, 0.1) is 0 Å². The lowest BCUT2D eigenvalue weighted by Gasteiger charge is -2.29. The van der Waals surface area contributed by atoms with E-state index in [9.17, 15) is 21.6 Å². The molecule has 0 bridgehead atoms. The fourth-order valence-electron chi connectivity index (χ4n) is 3.29. The highest BCUT2D eigenvalue weighted by molar-refractivity contribution is 7.97. The average Bonchev–Trinajstić information content (AvgIpc) is 2.73. The molecule has 0 saturated carbocycles. The van der Waals surface area contributed by atoms with Gasteiger partial charge in [-0.3, -0.25) is 0 Å². The number of sulfonamides is 1. The van der Waals surface area contributed by atoms with Crippen LogP contribution in [0.3, 0.4) is 0 Å². The fraction of sp³-hybridized carbons (Fsp3) is 0.143. The molecule has 32 heavy (non-hydrogen) atoms. The molecule has 0 amide bonds. The zero-order valence-electron chi connectivity index (χ0n) is 16.5. The van der Waals surface area contributed by atoms with Gasteiger partial charge in [-0.1, -0.05) is 30.3 Å². The van der Waals surface area contributed by atoms with Gasteiger partial charge >= 0.3 is 6.18 Å². The number of hydrogen-bond donors (Lipinski definition) is 4. The van der Waals surface area contributed by atoms with Crippen LogP contribution in [0.4, 0.5) is 30.2 Å². The molecule has 1 heterocycles. The third kappa shape index (κ3) is 5.18. The van der Waals surface area contributed by atoms with E-state index < -0.39 is 21.8 Å². The fourth-order valence-corrected chi connectivity index (χ4v) is 4.62. The largest absolute Gasteiger partial charge is 0.418 e. The number of alkyl halides is 3. The lowest BCUT2D eigenvalue weighted by molar-refractivity contribution is -0.136. The summed E-state index contributed by atoms with van der Waals surface area (Å²) < 4.78 is 67.4. The molecule has 4 rings (SSSR count). The minimum absolute atomic E-state index is 0.127. The van der Waals surface area contributed by atoms with E-state index >= 15 is 0 Å². The number of benzene rings is 3. The van der Waals surface area contributed by atoms with Crippen molar-refractivity contribution in [3.05, 3.63) is 77.9 Å². The van der Waals surface area contributed by atoms with Gasteiger partial charge in [0.05, 0.1) is 28.0 Å². The van der Waals surface area contributed by atoms with Crippen molar-refractivity contribution in [1.29, 1.82) is 0 Å². The Morgan fingerprint density at radius 1 is 1.03 bits per heavy atom. The van der Waals surface area contributed by atoms with E-state index in [1.807, 2.05) is 30.3 Å². The highest BCUT2D eigenvalue weighted by atomic mass is 32.2. The van der Waals surface area contributed by atoms with Crippen LogP contribution in [0.1, 0.15) is 11.1 Å². The maximum Gasteiger partial charge on any atom is 0.418 e. The van der Waals surface area contributed by atoms with E-state index in [4.69, 9.17) is 5.14 Å². The Morgan fingerprint density at radius 3 is 2.34 bits per heavy atom. The summed E-state index contributed by atoms with van der Waals surface area (Å²) >= 11 is 1.25. The second-order valence-electron chi connectivity index (χ2n) is 7.19. The molecule has 0 aliphatic carbocycles. The highest BCUT2D eigenvalue weighted by Crippen LogP contribution is 2.43. The van der Waals surface area contributed by atoms with Crippen LogP contribution in [0.2, 0.25) is 0 Å². The number of rotatable bonds is 5. The Morgan fingerprint density at radius 2 is 1.72 bits per heavy atom. The predicted octanol–water partition coefficient (Wildman–Crippen LogP) is 4.69. The summed E-state index contributed by atoms with van der Waals surface area (Å²) in [6.07, 6.45) is -4.23. The smallest absolute Gasteiger partial charge is 0.368 e. The molecule has 1 aliphatic heterocycles. The zero-order valence-corrected chi connectivity index (χ0v) is 18.1. The summed E-state index contributed by atoms with van der Waals surface area (Å²) in [5.74, 6) is 0. The van der Waals surface area contributed by atoms with Crippen molar-refractivity contribution >= 4 is 39.0 Å². The van der Waals surface area contributed by atoms with Gasteiger partial charge < -0.3 is 10.6 Å². The maximum absolute atomic E-state index is 13.8. The van der Waals surface area contributed by atoms with Crippen LogP contribution in [0.5, 0.6) is 0 Å². The van der Waals surface area contributed by atoms with Crippen LogP contribution in [-0.4, -0.2) is 14.6 Å². The van der Waals surface area contributed by atoms with Gasteiger partial charge in [-0.15, -0.1) is 0 Å². The first-order chi connectivity index (χ1) is 15.1. The SMILES string of the molecule is NS(=O)(=O)c1ccc(Nc2cc3c(cc2C(F)(F)F)NC(Cc2ccccc2)NS3)cc1. The molecule has 3 aromatic rings. The van der Waals surface area contributed by atoms with Crippen molar-refractivity contribution in [3.63, 3.8) is 0 Å². The number of nitrogens with one attached hydrogen (secondary N) is 3. The molecule has 3 aromatic carbocycles. The quantitative estimate of drug-likeness (QED) is 0.396. The summed E-state index contributed by atoms with van der Waals surface area (Å²) in [5, 5.41) is 10.9. The molecular weight excluding hydrogens is 461 g/mol. The number of fused-ring (bicyclic) bond motifs is 1. The van der Waals surface area contributed by atoms with E-state index in [0.717, 1.165) is 11.6 Å². The lowest BCUT2D eigenvalue weighted by atomic mass is 10.1. The Balaban J connectivity index is 1.60. The molecule has 11 heteroatoms. The predicted molar refractivity (Wildman–Crippen MR) is 119 cm³/mol. The number of primary sulfonamides is 1. The van der Waals surface area contributed by atoms with Gasteiger partial charge in [0.1, 0.15) is 0 Å². The average molecular weight is 481 g/mol. The van der Waals surface area contributed by atoms with Crippen molar-refractivity contribution in [2.75, 3.05) is 10.6 Å². The number of hydrogen-bond acceptors (Lipinski definition) is 6. The summed E-state index contributed by atoms with van der Waals surface area (Å²) in [7, 11) is -3.89. The summed E-state index contributed by atoms with van der Waals surface area (Å²) in [6, 6.07) is 17.3. The number of anilines is 3. The molecule has 6 nitrogen and oxygen atoms in total. The van der Waals surface area contributed by atoms with Crippen LogP contribution in [0.15, 0.2) is 76.5 Å². The molecule has 168 valence electrons. The van der Waals surface area contributed by atoms with Gasteiger partial charge in [-0.25, -0.2) is 18.3 Å². The Labute approximate surface area is 187 Å². The monoisotopic (exact) mass is 480 g/mol. The van der Waals surface area contributed by atoms with Crippen molar-refractivity contribution < 1.29 is 21.6 Å². The van der Waals surface area contributed by atoms with Gasteiger partial charge in [0.25, 0.3) is 0 Å². The van der Waals surface area contributed by atoms with Gasteiger partial charge in [0.2, 0.25) is 10.0 Å². The molecular formula is C21H19F3N4O2S2. The summed E-state index contributed by atoms with van der Waals surface area (Å²) in [4.78, 5) is 0.476. The first kappa shape index (κ1) is 22.5. The Bertz CT molecular complexity index is 1220. The zero-order chi connectivity index (χ0) is 22.9. The van der Waals surface area contributed by atoms with Gasteiger partial charge in [0, 0.05) is 17.0 Å². The molecule has 0 spiro atoms. The van der Waals surface area contributed by atoms with E-state index in [1.54, 1.807) is 0 Å². The van der Waals surface area contributed by atoms with Crippen molar-refractivity contribution in [1.82, 2.24) is 4.72 Å². The molecule has 0 saturated heterocycles. The standard InChI is InChI=1S/C21H19F3N4O2S2/c22-21(23,24)16-11-18-19(31-28-20(27-18)10-13-4-2-1-3-5-13)12-17(16)26-14-6-8-15(9-7-14)32(25,29)30/h1-9,11-12,20,26-28H,10H2,(H2,25,29,30). The molecule has 1 unspecified atom stereocenters. The van der Waals surface area contributed by atoms with Crippen molar-refractivity contribution in [3.8, 4) is 0 Å². The Hall–Kier alpha value is -2.73.